The minimum atomic E-state index is -0.147. The zero-order valence-corrected chi connectivity index (χ0v) is 17.6. The van der Waals surface area contributed by atoms with E-state index in [0.29, 0.717) is 18.8 Å². The number of hydrogen-bond donors (Lipinski definition) is 0. The molecule has 152 valence electrons. The number of anilines is 1. The van der Waals surface area contributed by atoms with Crippen LogP contribution >= 0.6 is 0 Å². The summed E-state index contributed by atoms with van der Waals surface area (Å²) in [5, 5.41) is 0. The summed E-state index contributed by atoms with van der Waals surface area (Å²) in [6.45, 7) is 9.22. The monoisotopic (exact) mass is 392 g/mol. The van der Waals surface area contributed by atoms with Gasteiger partial charge in [0.15, 0.2) is 5.69 Å². The number of imidazole rings is 1. The van der Waals surface area contributed by atoms with E-state index in [-0.39, 0.29) is 11.3 Å². The maximum Gasteiger partial charge on any atom is 0.274 e. The topological polar surface area (TPSA) is 50.1 Å². The van der Waals surface area contributed by atoms with E-state index < -0.39 is 0 Å². The average molecular weight is 393 g/mol. The number of piperazine rings is 1. The summed E-state index contributed by atoms with van der Waals surface area (Å²) in [4.78, 5) is 22.3. The van der Waals surface area contributed by atoms with E-state index in [4.69, 9.17) is 9.72 Å². The molecule has 1 aliphatic rings. The van der Waals surface area contributed by atoms with Crippen molar-refractivity contribution in [3.05, 3.63) is 60.2 Å². The van der Waals surface area contributed by atoms with Crippen molar-refractivity contribution in [2.75, 3.05) is 38.2 Å². The second-order valence-corrected chi connectivity index (χ2v) is 8.44. The van der Waals surface area contributed by atoms with Crippen LogP contribution in [0.5, 0.6) is 5.75 Å². The van der Waals surface area contributed by atoms with Gasteiger partial charge in [-0.2, -0.15) is 0 Å². The fourth-order valence-electron chi connectivity index (χ4n) is 3.92. The second kappa shape index (κ2) is 7.43. The Bertz CT molecular complexity index is 1030. The van der Waals surface area contributed by atoms with Gasteiger partial charge in [0.1, 0.15) is 11.6 Å². The predicted molar refractivity (Wildman–Crippen MR) is 115 cm³/mol. The lowest BCUT2D eigenvalue weighted by molar-refractivity contribution is 0.0743. The molecule has 0 N–H and O–H groups in total. The number of aromatic nitrogens is 2. The Morgan fingerprint density at radius 3 is 2.38 bits per heavy atom. The summed E-state index contributed by atoms with van der Waals surface area (Å²) in [5.74, 6) is 1.77. The third-order valence-electron chi connectivity index (χ3n) is 5.41. The molecular formula is C23H28N4O2. The molecule has 1 amide bonds. The quantitative estimate of drug-likeness (QED) is 0.683. The highest BCUT2D eigenvalue weighted by molar-refractivity contribution is 5.99. The first-order chi connectivity index (χ1) is 13.9. The Morgan fingerprint density at radius 2 is 1.69 bits per heavy atom. The number of rotatable bonds is 3. The average Bonchev–Trinajstić information content (AvgIpc) is 3.13. The van der Waals surface area contributed by atoms with Gasteiger partial charge in [0, 0.05) is 37.8 Å². The van der Waals surface area contributed by atoms with Crippen LogP contribution in [0.15, 0.2) is 48.7 Å². The van der Waals surface area contributed by atoms with E-state index in [1.807, 2.05) is 51.9 Å². The number of benzene rings is 1. The first-order valence-corrected chi connectivity index (χ1v) is 10.0. The first-order valence-electron chi connectivity index (χ1n) is 10.0. The highest BCUT2D eigenvalue weighted by Gasteiger charge is 2.29. The van der Waals surface area contributed by atoms with E-state index in [0.717, 1.165) is 35.9 Å². The maximum atomic E-state index is 13.3. The lowest BCUT2D eigenvalue weighted by Crippen LogP contribution is -2.49. The largest absolute Gasteiger partial charge is 0.495 e. The van der Waals surface area contributed by atoms with Crippen LogP contribution in [0.1, 0.15) is 37.1 Å². The highest BCUT2D eigenvalue weighted by atomic mass is 16.5. The number of amides is 1. The first kappa shape index (κ1) is 19.3. The van der Waals surface area contributed by atoms with Gasteiger partial charge in [0.05, 0.1) is 18.3 Å². The molecule has 3 heterocycles. The molecule has 6 nitrogen and oxygen atoms in total. The lowest BCUT2D eigenvalue weighted by atomic mass is 9.96. The molecule has 0 unspecified atom stereocenters. The molecule has 6 heteroatoms. The molecule has 0 aliphatic carbocycles. The third kappa shape index (κ3) is 3.55. The predicted octanol–water partition coefficient (Wildman–Crippen LogP) is 3.60. The van der Waals surface area contributed by atoms with Crippen LogP contribution in [0.2, 0.25) is 0 Å². The van der Waals surface area contributed by atoms with Gasteiger partial charge >= 0.3 is 0 Å². The molecule has 0 radical (unpaired) electrons. The zero-order chi connectivity index (χ0) is 20.6. The number of pyridine rings is 1. The van der Waals surface area contributed by atoms with Crippen molar-refractivity contribution < 1.29 is 9.53 Å². The van der Waals surface area contributed by atoms with Crippen molar-refractivity contribution in [3.8, 4) is 5.75 Å². The number of hydrogen-bond acceptors (Lipinski definition) is 4. The van der Waals surface area contributed by atoms with Crippen LogP contribution < -0.4 is 9.64 Å². The smallest absolute Gasteiger partial charge is 0.274 e. The molecule has 0 bridgehead atoms. The van der Waals surface area contributed by atoms with Gasteiger partial charge in [-0.25, -0.2) is 4.98 Å². The summed E-state index contributed by atoms with van der Waals surface area (Å²) in [6, 6.07) is 13.9. The Labute approximate surface area is 171 Å². The zero-order valence-electron chi connectivity index (χ0n) is 17.6. The molecule has 1 aliphatic heterocycles. The van der Waals surface area contributed by atoms with Crippen molar-refractivity contribution in [3.63, 3.8) is 0 Å². The van der Waals surface area contributed by atoms with Crippen LogP contribution in [0.4, 0.5) is 5.69 Å². The highest BCUT2D eigenvalue weighted by Crippen LogP contribution is 2.29. The summed E-state index contributed by atoms with van der Waals surface area (Å²) < 4.78 is 7.53. The maximum absolute atomic E-state index is 13.3. The van der Waals surface area contributed by atoms with Crippen LogP contribution in [0, 0.1) is 0 Å². The Balaban J connectivity index is 1.56. The van der Waals surface area contributed by atoms with Crippen molar-refractivity contribution >= 4 is 17.1 Å². The molecule has 0 saturated carbocycles. The number of methoxy groups -OCH3 is 1. The van der Waals surface area contributed by atoms with Gasteiger partial charge < -0.3 is 18.9 Å². The van der Waals surface area contributed by atoms with Gasteiger partial charge in [0.2, 0.25) is 0 Å². The number of carbonyl (C=O) groups excluding carboxylic acids is 1. The van der Waals surface area contributed by atoms with E-state index >= 15 is 0 Å². The third-order valence-corrected chi connectivity index (χ3v) is 5.41. The van der Waals surface area contributed by atoms with E-state index in [1.54, 1.807) is 7.11 Å². The Hall–Kier alpha value is -3.02. The SMILES string of the molecule is COc1ccccc1N1CCN(C(=O)c2nc(C(C)(C)C)n3ccccc23)CC1. The summed E-state index contributed by atoms with van der Waals surface area (Å²) >= 11 is 0. The van der Waals surface area contributed by atoms with Gasteiger partial charge in [-0.1, -0.05) is 39.0 Å². The van der Waals surface area contributed by atoms with Crippen molar-refractivity contribution in [1.29, 1.82) is 0 Å². The minimum absolute atomic E-state index is 0.00359. The van der Waals surface area contributed by atoms with Crippen LogP contribution in [-0.2, 0) is 5.41 Å². The van der Waals surface area contributed by atoms with Crippen LogP contribution in [0.3, 0.4) is 0 Å². The van der Waals surface area contributed by atoms with Gasteiger partial charge in [-0.05, 0) is 24.3 Å². The standard InChI is InChI=1S/C23H28N4O2/c1-23(2,3)22-24-20(18-10-7-8-12-27(18)22)21(28)26-15-13-25(14-16-26)17-9-5-6-11-19(17)29-4/h5-12H,13-16H2,1-4H3. The molecule has 1 aromatic carbocycles. The van der Waals surface area contributed by atoms with Crippen molar-refractivity contribution in [2.24, 2.45) is 0 Å². The second-order valence-electron chi connectivity index (χ2n) is 8.44. The Morgan fingerprint density at radius 1 is 1.00 bits per heavy atom. The number of carbonyl (C=O) groups is 1. The molecule has 3 aromatic rings. The van der Waals surface area contributed by atoms with Crippen molar-refractivity contribution in [1.82, 2.24) is 14.3 Å². The molecule has 29 heavy (non-hydrogen) atoms. The number of nitrogens with zero attached hydrogens (tertiary/aromatic N) is 4. The minimum Gasteiger partial charge on any atom is -0.495 e. The van der Waals surface area contributed by atoms with Crippen LogP contribution in [0.25, 0.3) is 5.52 Å². The number of para-hydroxylation sites is 2. The summed E-state index contributed by atoms with van der Waals surface area (Å²) in [5.41, 5.74) is 2.34. The van der Waals surface area contributed by atoms with Gasteiger partial charge in [-0.3, -0.25) is 4.79 Å². The van der Waals surface area contributed by atoms with E-state index in [2.05, 4.69) is 31.7 Å². The molecule has 0 atom stereocenters. The van der Waals surface area contributed by atoms with Gasteiger partial charge in [0.25, 0.3) is 5.91 Å². The fourth-order valence-corrected chi connectivity index (χ4v) is 3.92. The Kier molecular flexibility index (Phi) is 4.94. The summed E-state index contributed by atoms with van der Waals surface area (Å²) in [6.07, 6.45) is 1.99. The number of fused-ring (bicyclic) bond motifs is 1. The van der Waals surface area contributed by atoms with Gasteiger partial charge in [-0.15, -0.1) is 0 Å². The van der Waals surface area contributed by atoms with Crippen LogP contribution in [-0.4, -0.2) is 53.5 Å². The van der Waals surface area contributed by atoms with E-state index in [1.165, 1.54) is 0 Å². The molecule has 0 spiro atoms. The molecule has 4 rings (SSSR count). The normalized spacial score (nSPS) is 15.0. The lowest BCUT2D eigenvalue weighted by Gasteiger charge is -2.36. The molecule has 1 saturated heterocycles. The molecule has 1 fully saturated rings. The van der Waals surface area contributed by atoms with Crippen molar-refractivity contribution in [2.45, 2.75) is 26.2 Å². The fraction of sp³-hybridized carbons (Fsp3) is 0.391. The molecule has 2 aromatic heterocycles. The molecular weight excluding hydrogens is 364 g/mol. The summed E-state index contributed by atoms with van der Waals surface area (Å²) in [7, 11) is 1.69. The number of ether oxygens (including phenoxy) is 1. The van der Waals surface area contributed by atoms with E-state index in [9.17, 15) is 4.79 Å².